The fourth-order valence-electron chi connectivity index (χ4n) is 3.75. The number of sulfonamides is 1. The molecule has 0 spiro atoms. The SMILES string of the molecule is COC(=O)C1=C(C(=O)OC)N(c2ccccc2S(=O)(=O)N2CCCC2C(=O)OC)C=CC=C1. The standard InChI is InChI=1S/C22H24N2O8S/c1-30-20(25)15-9-6-7-13-23(19(15)22(27)32-3)16-10-4-5-12-18(16)33(28,29)24-14-8-11-17(24)21(26)31-2/h4-7,9-10,12-13,17H,8,11,14H2,1-3H3. The molecule has 1 saturated heterocycles. The summed E-state index contributed by atoms with van der Waals surface area (Å²) in [5, 5.41) is 0. The van der Waals surface area contributed by atoms with Gasteiger partial charge in [-0.3, -0.25) is 4.79 Å². The summed E-state index contributed by atoms with van der Waals surface area (Å²) in [5.41, 5.74) is -0.243. The van der Waals surface area contributed by atoms with E-state index in [0.29, 0.717) is 12.8 Å². The zero-order valence-electron chi connectivity index (χ0n) is 18.4. The first kappa shape index (κ1) is 24.2. The maximum absolute atomic E-state index is 13.7. The number of nitrogens with zero attached hydrogens (tertiary/aromatic N) is 2. The van der Waals surface area contributed by atoms with Gasteiger partial charge in [-0.05, 0) is 37.1 Å². The van der Waals surface area contributed by atoms with E-state index in [-0.39, 0.29) is 28.4 Å². The molecule has 3 rings (SSSR count). The van der Waals surface area contributed by atoms with Gasteiger partial charge in [-0.15, -0.1) is 0 Å². The van der Waals surface area contributed by atoms with E-state index in [1.807, 2.05) is 0 Å². The molecule has 1 fully saturated rings. The first-order valence-corrected chi connectivity index (χ1v) is 11.5. The third kappa shape index (κ3) is 4.55. The molecule has 0 radical (unpaired) electrons. The summed E-state index contributed by atoms with van der Waals surface area (Å²) in [6, 6.07) is 5.03. The number of allylic oxidation sites excluding steroid dienone is 2. The molecule has 2 aliphatic heterocycles. The maximum Gasteiger partial charge on any atom is 0.355 e. The van der Waals surface area contributed by atoms with Gasteiger partial charge < -0.3 is 19.1 Å². The highest BCUT2D eigenvalue weighted by Crippen LogP contribution is 2.35. The van der Waals surface area contributed by atoms with Crippen molar-refractivity contribution < 1.29 is 37.0 Å². The van der Waals surface area contributed by atoms with E-state index in [1.54, 1.807) is 6.07 Å². The van der Waals surface area contributed by atoms with Crippen molar-refractivity contribution in [1.82, 2.24) is 4.31 Å². The van der Waals surface area contributed by atoms with Crippen LogP contribution in [-0.2, 0) is 38.6 Å². The highest BCUT2D eigenvalue weighted by molar-refractivity contribution is 7.89. The van der Waals surface area contributed by atoms with Crippen molar-refractivity contribution in [2.75, 3.05) is 32.8 Å². The highest BCUT2D eigenvalue weighted by atomic mass is 32.2. The minimum atomic E-state index is -4.19. The number of carbonyl (C=O) groups is 3. The zero-order chi connectivity index (χ0) is 24.2. The van der Waals surface area contributed by atoms with Crippen LogP contribution in [0.2, 0.25) is 0 Å². The van der Waals surface area contributed by atoms with Crippen LogP contribution < -0.4 is 4.90 Å². The van der Waals surface area contributed by atoms with Gasteiger partial charge in [0.1, 0.15) is 16.6 Å². The van der Waals surface area contributed by atoms with Crippen molar-refractivity contribution in [3.05, 3.63) is 60.0 Å². The smallest absolute Gasteiger partial charge is 0.355 e. The lowest BCUT2D eigenvalue weighted by Gasteiger charge is -2.28. The summed E-state index contributed by atoms with van der Waals surface area (Å²) in [4.78, 5) is 38.4. The fourth-order valence-corrected chi connectivity index (χ4v) is 5.58. The molecule has 1 atom stereocenters. The second-order valence-electron chi connectivity index (χ2n) is 7.08. The van der Waals surface area contributed by atoms with E-state index in [1.165, 1.54) is 61.7 Å². The summed E-state index contributed by atoms with van der Waals surface area (Å²) in [7, 11) is -0.670. The zero-order valence-corrected chi connectivity index (χ0v) is 19.2. The summed E-state index contributed by atoms with van der Waals surface area (Å²) in [5.74, 6) is -2.31. The molecule has 11 heteroatoms. The number of esters is 3. The van der Waals surface area contributed by atoms with Gasteiger partial charge in [0.25, 0.3) is 0 Å². The number of hydrogen-bond acceptors (Lipinski definition) is 9. The van der Waals surface area contributed by atoms with E-state index < -0.39 is 34.0 Å². The van der Waals surface area contributed by atoms with Crippen LogP contribution in [0.4, 0.5) is 5.69 Å². The number of rotatable bonds is 6. The quantitative estimate of drug-likeness (QED) is 0.444. The molecule has 0 N–H and O–H groups in total. The molecule has 1 aromatic carbocycles. The van der Waals surface area contributed by atoms with Crippen LogP contribution in [0, 0.1) is 0 Å². The Morgan fingerprint density at radius 2 is 1.67 bits per heavy atom. The predicted octanol–water partition coefficient (Wildman–Crippen LogP) is 1.50. The van der Waals surface area contributed by atoms with Gasteiger partial charge in [0.2, 0.25) is 10.0 Å². The van der Waals surface area contributed by atoms with Crippen LogP contribution in [-0.4, -0.2) is 64.5 Å². The number of methoxy groups -OCH3 is 3. The lowest BCUT2D eigenvalue weighted by atomic mass is 10.1. The normalized spacial score (nSPS) is 18.8. The second-order valence-corrected chi connectivity index (χ2v) is 8.94. The molecule has 0 aliphatic carbocycles. The molecule has 10 nitrogen and oxygen atoms in total. The Labute approximate surface area is 191 Å². The van der Waals surface area contributed by atoms with E-state index in [4.69, 9.17) is 14.2 Å². The van der Waals surface area contributed by atoms with Gasteiger partial charge in [-0.2, -0.15) is 4.31 Å². The summed E-state index contributed by atoms with van der Waals surface area (Å²) in [6.45, 7) is 0.140. The molecular weight excluding hydrogens is 452 g/mol. The third-order valence-corrected chi connectivity index (χ3v) is 7.23. The lowest BCUT2D eigenvalue weighted by Crippen LogP contribution is -2.41. The Hall–Kier alpha value is -3.44. The largest absolute Gasteiger partial charge is 0.468 e. The summed E-state index contributed by atoms with van der Waals surface area (Å²) < 4.78 is 42.9. The highest BCUT2D eigenvalue weighted by Gasteiger charge is 2.42. The number of hydrogen-bond donors (Lipinski definition) is 0. The Kier molecular flexibility index (Phi) is 7.34. The molecule has 1 aromatic rings. The second kappa shape index (κ2) is 10.0. The average molecular weight is 477 g/mol. The van der Waals surface area contributed by atoms with Crippen LogP contribution in [0.5, 0.6) is 0 Å². The first-order valence-electron chi connectivity index (χ1n) is 10.0. The van der Waals surface area contributed by atoms with Gasteiger partial charge in [-0.1, -0.05) is 18.2 Å². The lowest BCUT2D eigenvalue weighted by molar-refractivity contribution is -0.144. The van der Waals surface area contributed by atoms with Gasteiger partial charge in [0.15, 0.2) is 0 Å². The van der Waals surface area contributed by atoms with Crippen molar-refractivity contribution in [3.8, 4) is 0 Å². The third-order valence-electron chi connectivity index (χ3n) is 5.28. The number of ether oxygens (including phenoxy) is 3. The van der Waals surface area contributed by atoms with Gasteiger partial charge in [-0.25, -0.2) is 18.0 Å². The Balaban J connectivity index is 2.20. The number of anilines is 1. The van der Waals surface area contributed by atoms with Crippen LogP contribution in [0.15, 0.2) is 64.9 Å². The number of para-hydroxylation sites is 1. The van der Waals surface area contributed by atoms with Crippen molar-refractivity contribution in [2.45, 2.75) is 23.8 Å². The molecule has 33 heavy (non-hydrogen) atoms. The van der Waals surface area contributed by atoms with Crippen LogP contribution >= 0.6 is 0 Å². The molecule has 0 bridgehead atoms. The van der Waals surface area contributed by atoms with Gasteiger partial charge in [0, 0.05) is 12.7 Å². The molecule has 176 valence electrons. The van der Waals surface area contributed by atoms with Crippen LogP contribution in [0.1, 0.15) is 12.8 Å². The summed E-state index contributed by atoms with van der Waals surface area (Å²) >= 11 is 0. The monoisotopic (exact) mass is 476 g/mol. The molecule has 0 aromatic heterocycles. The number of benzene rings is 1. The maximum atomic E-state index is 13.7. The van der Waals surface area contributed by atoms with Crippen molar-refractivity contribution in [2.24, 2.45) is 0 Å². The topological polar surface area (TPSA) is 120 Å². The Bertz CT molecular complexity index is 1150. The van der Waals surface area contributed by atoms with E-state index in [2.05, 4.69) is 0 Å². The minimum Gasteiger partial charge on any atom is -0.468 e. The molecular formula is C22H24N2O8S. The molecule has 0 amide bonds. The van der Waals surface area contributed by atoms with Crippen molar-refractivity contribution in [1.29, 1.82) is 0 Å². The van der Waals surface area contributed by atoms with E-state index in [0.717, 1.165) is 11.4 Å². The number of carbonyl (C=O) groups excluding carboxylic acids is 3. The Morgan fingerprint density at radius 3 is 2.33 bits per heavy atom. The van der Waals surface area contributed by atoms with Gasteiger partial charge in [0.05, 0.1) is 32.6 Å². The van der Waals surface area contributed by atoms with E-state index in [9.17, 15) is 22.8 Å². The molecule has 2 aliphatic rings. The first-order chi connectivity index (χ1) is 15.8. The van der Waals surface area contributed by atoms with Gasteiger partial charge >= 0.3 is 17.9 Å². The summed E-state index contributed by atoms with van der Waals surface area (Å²) in [6.07, 6.45) is 6.69. The van der Waals surface area contributed by atoms with Crippen molar-refractivity contribution >= 4 is 33.6 Å². The Morgan fingerprint density at radius 1 is 0.970 bits per heavy atom. The fraction of sp³-hybridized carbons (Fsp3) is 0.318. The van der Waals surface area contributed by atoms with Crippen LogP contribution in [0.25, 0.3) is 0 Å². The van der Waals surface area contributed by atoms with Crippen molar-refractivity contribution in [3.63, 3.8) is 0 Å². The molecule has 0 saturated carbocycles. The minimum absolute atomic E-state index is 0.0924. The van der Waals surface area contributed by atoms with Crippen LogP contribution in [0.3, 0.4) is 0 Å². The predicted molar refractivity (Wildman–Crippen MR) is 117 cm³/mol. The average Bonchev–Trinajstić information content (AvgIpc) is 3.23. The molecule has 1 unspecified atom stereocenters. The molecule has 2 heterocycles. The van der Waals surface area contributed by atoms with E-state index >= 15 is 0 Å².